The van der Waals surface area contributed by atoms with Crippen molar-refractivity contribution in [1.82, 2.24) is 10.6 Å². The van der Waals surface area contributed by atoms with E-state index in [2.05, 4.69) is 10.6 Å². The van der Waals surface area contributed by atoms with Crippen LogP contribution in [-0.4, -0.2) is 11.8 Å². The molecule has 1 aliphatic rings. The average molecular weight is 361 g/mol. The number of amides is 2. The van der Waals surface area contributed by atoms with E-state index in [4.69, 9.17) is 23.2 Å². The van der Waals surface area contributed by atoms with Crippen molar-refractivity contribution >= 4 is 35.0 Å². The van der Waals surface area contributed by atoms with Crippen LogP contribution in [0.2, 0.25) is 10.0 Å². The van der Waals surface area contributed by atoms with Crippen molar-refractivity contribution in [3.63, 3.8) is 0 Å². The fourth-order valence-corrected chi connectivity index (χ4v) is 3.36. The fourth-order valence-electron chi connectivity index (χ4n) is 2.74. The molecule has 0 saturated heterocycles. The molecule has 6 heteroatoms. The van der Waals surface area contributed by atoms with Gasteiger partial charge in [-0.15, -0.1) is 0 Å². The third-order valence-corrected chi connectivity index (χ3v) is 4.50. The Balaban J connectivity index is 2.15. The molecule has 0 bridgehead atoms. The molecule has 2 aromatic rings. The third-order valence-electron chi connectivity index (χ3n) is 3.84. The van der Waals surface area contributed by atoms with Gasteiger partial charge in [0.05, 0.1) is 6.04 Å². The number of nitrogens with one attached hydrogen (secondary N) is 2. The maximum absolute atomic E-state index is 13.0. The van der Waals surface area contributed by atoms with Crippen LogP contribution in [-0.2, 0) is 0 Å². The predicted molar refractivity (Wildman–Crippen MR) is 94.3 cm³/mol. The van der Waals surface area contributed by atoms with Gasteiger partial charge < -0.3 is 10.6 Å². The smallest absolute Gasteiger partial charge is 0.319 e. The summed E-state index contributed by atoms with van der Waals surface area (Å²) in [6.45, 7) is 1.69. The van der Waals surface area contributed by atoms with Crippen LogP contribution in [0, 0.1) is 0 Å². The molecule has 24 heavy (non-hydrogen) atoms. The molecule has 2 aromatic carbocycles. The minimum atomic E-state index is -0.715. The number of rotatable bonds is 3. The van der Waals surface area contributed by atoms with Crippen LogP contribution < -0.4 is 10.6 Å². The van der Waals surface area contributed by atoms with Gasteiger partial charge in [0.25, 0.3) is 0 Å². The summed E-state index contributed by atoms with van der Waals surface area (Å²) >= 11 is 12.6. The lowest BCUT2D eigenvalue weighted by molar-refractivity contribution is 0.102. The summed E-state index contributed by atoms with van der Waals surface area (Å²) in [6, 6.07) is 12.8. The second-order valence-electron chi connectivity index (χ2n) is 5.40. The molecule has 1 aliphatic heterocycles. The molecule has 0 unspecified atom stereocenters. The minimum absolute atomic E-state index is 0.193. The number of halogens is 2. The van der Waals surface area contributed by atoms with Crippen LogP contribution in [0.15, 0.2) is 59.8 Å². The van der Waals surface area contributed by atoms with Crippen LogP contribution in [0.3, 0.4) is 0 Å². The van der Waals surface area contributed by atoms with Crippen molar-refractivity contribution in [2.24, 2.45) is 0 Å². The summed E-state index contributed by atoms with van der Waals surface area (Å²) in [5.41, 5.74) is 1.93. The second kappa shape index (κ2) is 6.67. The Morgan fingerprint density at radius 1 is 1.00 bits per heavy atom. The maximum Gasteiger partial charge on any atom is 0.319 e. The molecule has 2 N–H and O–H groups in total. The van der Waals surface area contributed by atoms with Gasteiger partial charge in [0.15, 0.2) is 5.78 Å². The Bertz CT molecular complexity index is 827. The highest BCUT2D eigenvalue weighted by molar-refractivity contribution is 6.36. The van der Waals surface area contributed by atoms with E-state index in [1.54, 1.807) is 49.4 Å². The zero-order valence-corrected chi connectivity index (χ0v) is 14.3. The number of Topliss-reactive ketones (excluding diaryl/α,β-unsaturated/α-hetero) is 1. The largest absolute Gasteiger partial charge is 0.327 e. The quantitative estimate of drug-likeness (QED) is 0.791. The molecular weight excluding hydrogens is 347 g/mol. The SMILES string of the molecule is CC1=C(C(=O)c2ccccc2)[C@@H](c2c(Cl)cccc2Cl)NC(=O)N1. The topological polar surface area (TPSA) is 58.2 Å². The van der Waals surface area contributed by atoms with Gasteiger partial charge >= 0.3 is 6.03 Å². The van der Waals surface area contributed by atoms with Gasteiger partial charge in [-0.1, -0.05) is 59.6 Å². The normalized spacial score (nSPS) is 17.3. The Morgan fingerprint density at radius 2 is 1.62 bits per heavy atom. The molecule has 0 aromatic heterocycles. The van der Waals surface area contributed by atoms with Crippen molar-refractivity contribution in [3.8, 4) is 0 Å². The minimum Gasteiger partial charge on any atom is -0.327 e. The molecule has 0 radical (unpaired) electrons. The monoisotopic (exact) mass is 360 g/mol. The number of benzene rings is 2. The lowest BCUT2D eigenvalue weighted by Gasteiger charge is -2.29. The van der Waals surface area contributed by atoms with Gasteiger partial charge in [-0.05, 0) is 19.1 Å². The maximum atomic E-state index is 13.0. The Morgan fingerprint density at radius 3 is 2.25 bits per heavy atom. The van der Waals surface area contributed by atoms with Gasteiger partial charge in [-0.25, -0.2) is 4.79 Å². The highest BCUT2D eigenvalue weighted by Gasteiger charge is 2.33. The summed E-state index contributed by atoms with van der Waals surface area (Å²) < 4.78 is 0. The van der Waals surface area contributed by atoms with Crippen molar-refractivity contribution in [1.29, 1.82) is 0 Å². The molecule has 0 aliphatic carbocycles. The van der Waals surface area contributed by atoms with Crippen LogP contribution in [0.25, 0.3) is 0 Å². The zero-order valence-electron chi connectivity index (χ0n) is 12.8. The molecule has 1 heterocycles. The molecule has 3 rings (SSSR count). The highest BCUT2D eigenvalue weighted by Crippen LogP contribution is 2.37. The molecule has 1 atom stereocenters. The number of hydrogen-bond acceptors (Lipinski definition) is 2. The van der Waals surface area contributed by atoms with Gasteiger partial charge in [0.1, 0.15) is 0 Å². The van der Waals surface area contributed by atoms with Gasteiger partial charge in [-0.2, -0.15) is 0 Å². The Kier molecular flexibility index (Phi) is 4.60. The van der Waals surface area contributed by atoms with Crippen molar-refractivity contribution in [2.75, 3.05) is 0 Å². The van der Waals surface area contributed by atoms with Crippen LogP contribution in [0.5, 0.6) is 0 Å². The summed E-state index contributed by atoms with van der Waals surface area (Å²) in [4.78, 5) is 24.9. The van der Waals surface area contributed by atoms with Gasteiger partial charge in [0.2, 0.25) is 0 Å². The first kappa shape index (κ1) is 16.6. The molecule has 0 spiro atoms. The Hall–Kier alpha value is -2.30. The van der Waals surface area contributed by atoms with Gasteiger partial charge in [-0.3, -0.25) is 4.79 Å². The average Bonchev–Trinajstić information content (AvgIpc) is 2.54. The van der Waals surface area contributed by atoms with E-state index in [0.29, 0.717) is 32.4 Å². The van der Waals surface area contributed by atoms with Crippen LogP contribution >= 0.6 is 23.2 Å². The lowest BCUT2D eigenvalue weighted by atomic mass is 9.89. The second-order valence-corrected chi connectivity index (χ2v) is 6.22. The molecule has 122 valence electrons. The first-order valence-electron chi connectivity index (χ1n) is 7.31. The molecule has 4 nitrogen and oxygen atoms in total. The standard InChI is InChI=1S/C18H14Cl2N2O2/c1-10-14(17(23)11-6-3-2-4-7-11)16(22-18(24)21-10)15-12(19)8-5-9-13(15)20/h2-9,16H,1H3,(H2,21,22,24)/t16-/m0/s1. The molecular formula is C18H14Cl2N2O2. The van der Waals surface area contributed by atoms with E-state index in [1.807, 2.05) is 6.07 Å². The molecule has 0 saturated carbocycles. The summed E-state index contributed by atoms with van der Waals surface area (Å²) in [7, 11) is 0. The molecule has 2 amide bonds. The fraction of sp³-hybridized carbons (Fsp3) is 0.111. The first-order valence-corrected chi connectivity index (χ1v) is 8.06. The van der Waals surface area contributed by atoms with E-state index in [0.717, 1.165) is 0 Å². The highest BCUT2D eigenvalue weighted by atomic mass is 35.5. The number of ketones is 1. The summed E-state index contributed by atoms with van der Waals surface area (Å²) in [5, 5.41) is 6.17. The Labute approximate surface area is 149 Å². The third kappa shape index (κ3) is 3.03. The molecule has 0 fully saturated rings. The van der Waals surface area contributed by atoms with Gasteiger partial charge in [0, 0.05) is 32.4 Å². The van der Waals surface area contributed by atoms with E-state index in [1.165, 1.54) is 0 Å². The number of hydrogen-bond donors (Lipinski definition) is 2. The number of carbonyl (C=O) groups is 2. The summed E-state index contributed by atoms with van der Waals surface area (Å²) in [6.07, 6.45) is 0. The van der Waals surface area contributed by atoms with E-state index in [9.17, 15) is 9.59 Å². The van der Waals surface area contributed by atoms with Crippen molar-refractivity contribution in [3.05, 3.63) is 81.0 Å². The zero-order chi connectivity index (χ0) is 17.3. The number of urea groups is 1. The summed E-state index contributed by atoms with van der Waals surface area (Å²) in [5.74, 6) is -0.193. The number of allylic oxidation sites excluding steroid dienone is 1. The predicted octanol–water partition coefficient (Wildman–Crippen LogP) is 4.50. The van der Waals surface area contributed by atoms with Crippen LogP contribution in [0.4, 0.5) is 4.79 Å². The first-order chi connectivity index (χ1) is 11.5. The van der Waals surface area contributed by atoms with E-state index in [-0.39, 0.29) is 5.78 Å². The number of carbonyl (C=O) groups excluding carboxylic acids is 2. The van der Waals surface area contributed by atoms with Crippen molar-refractivity contribution in [2.45, 2.75) is 13.0 Å². The lowest BCUT2D eigenvalue weighted by Crippen LogP contribution is -2.45. The van der Waals surface area contributed by atoms with Crippen LogP contribution in [0.1, 0.15) is 28.9 Å². The van der Waals surface area contributed by atoms with Crippen molar-refractivity contribution < 1.29 is 9.59 Å². The van der Waals surface area contributed by atoms with E-state index < -0.39 is 12.1 Å². The van der Waals surface area contributed by atoms with E-state index >= 15 is 0 Å².